The molecule has 0 N–H and O–H groups in total. The van der Waals surface area contributed by atoms with Crippen LogP contribution in [0.2, 0.25) is 0 Å². The number of thioether (sulfide) groups is 1. The summed E-state index contributed by atoms with van der Waals surface area (Å²) in [6.45, 7) is 7.92. The number of hydrogen-bond donors (Lipinski definition) is 0. The van der Waals surface area contributed by atoms with Gasteiger partial charge in [0.15, 0.2) is 0 Å². The zero-order chi connectivity index (χ0) is 17.1. The number of rotatable bonds is 4. The van der Waals surface area contributed by atoms with Crippen molar-refractivity contribution in [2.75, 3.05) is 13.1 Å². The molecule has 6 nitrogen and oxygen atoms in total. The summed E-state index contributed by atoms with van der Waals surface area (Å²) in [6.07, 6.45) is 2.17. The van der Waals surface area contributed by atoms with Gasteiger partial charge in [0.2, 0.25) is 11.1 Å². The highest BCUT2D eigenvalue weighted by atomic mass is 32.2. The average Bonchev–Trinajstić information content (AvgIpc) is 3.03. The summed E-state index contributed by atoms with van der Waals surface area (Å²) in [7, 11) is 0. The van der Waals surface area contributed by atoms with Gasteiger partial charge >= 0.3 is 0 Å². The summed E-state index contributed by atoms with van der Waals surface area (Å²) in [4.78, 5) is 14.6. The van der Waals surface area contributed by atoms with Crippen molar-refractivity contribution < 1.29 is 4.79 Å². The third-order valence-electron chi connectivity index (χ3n) is 4.41. The number of carbonyl (C=O) groups is 1. The molecule has 2 heterocycles. The third-order valence-corrected chi connectivity index (χ3v) is 5.43. The van der Waals surface area contributed by atoms with Crippen molar-refractivity contribution in [2.45, 2.75) is 44.0 Å². The summed E-state index contributed by atoms with van der Waals surface area (Å²) >= 11 is 1.42. The standard InChI is InChI=1S/C17H23N5OS/c1-12-7-9-21(10-8-12)16(23)14(3)24-17-18-19-20-22(17)15-6-4-5-13(2)11-15/h4-6,11-12,14H,7-10H2,1-3H3/t14-/m1/s1. The molecule has 1 aliphatic rings. The Morgan fingerprint density at radius 1 is 1.33 bits per heavy atom. The van der Waals surface area contributed by atoms with Crippen molar-refractivity contribution in [1.82, 2.24) is 25.1 Å². The van der Waals surface area contributed by atoms with Gasteiger partial charge in [-0.25, -0.2) is 0 Å². The number of nitrogens with zero attached hydrogens (tertiary/aromatic N) is 5. The van der Waals surface area contributed by atoms with Gasteiger partial charge in [0.25, 0.3) is 0 Å². The molecular weight excluding hydrogens is 322 g/mol. The number of tetrazole rings is 1. The molecule has 0 spiro atoms. The highest BCUT2D eigenvalue weighted by Gasteiger charge is 2.26. The fourth-order valence-corrected chi connectivity index (χ4v) is 3.76. The Morgan fingerprint density at radius 3 is 2.79 bits per heavy atom. The first-order valence-corrected chi connectivity index (χ1v) is 9.23. The zero-order valence-electron chi connectivity index (χ0n) is 14.3. The molecule has 1 saturated heterocycles. The van der Waals surface area contributed by atoms with Crippen LogP contribution in [-0.2, 0) is 4.79 Å². The third kappa shape index (κ3) is 3.77. The van der Waals surface area contributed by atoms with Crippen LogP contribution in [0.5, 0.6) is 0 Å². The van der Waals surface area contributed by atoms with E-state index in [1.165, 1.54) is 11.8 Å². The van der Waals surface area contributed by atoms with Crippen molar-refractivity contribution in [1.29, 1.82) is 0 Å². The molecule has 24 heavy (non-hydrogen) atoms. The minimum absolute atomic E-state index is 0.172. The molecule has 1 aromatic heterocycles. The number of amides is 1. The highest BCUT2D eigenvalue weighted by Crippen LogP contribution is 2.26. The topological polar surface area (TPSA) is 63.9 Å². The van der Waals surface area contributed by atoms with Crippen LogP contribution < -0.4 is 0 Å². The van der Waals surface area contributed by atoms with E-state index in [0.717, 1.165) is 37.2 Å². The smallest absolute Gasteiger partial charge is 0.235 e. The van der Waals surface area contributed by atoms with E-state index in [0.29, 0.717) is 11.1 Å². The Labute approximate surface area is 146 Å². The van der Waals surface area contributed by atoms with Crippen LogP contribution in [0.3, 0.4) is 0 Å². The lowest BCUT2D eigenvalue weighted by Gasteiger charge is -2.31. The van der Waals surface area contributed by atoms with Crippen molar-refractivity contribution in [3.05, 3.63) is 29.8 Å². The Bertz CT molecular complexity index is 709. The molecule has 7 heteroatoms. The molecule has 128 valence electrons. The van der Waals surface area contributed by atoms with Gasteiger partial charge in [0, 0.05) is 13.1 Å². The second kappa shape index (κ2) is 7.34. The Balaban J connectivity index is 1.70. The van der Waals surface area contributed by atoms with E-state index in [9.17, 15) is 4.79 Å². The normalized spacial score (nSPS) is 17.0. The van der Waals surface area contributed by atoms with Gasteiger partial charge in [-0.2, -0.15) is 4.68 Å². The first-order chi connectivity index (χ1) is 11.5. The molecule has 0 bridgehead atoms. The van der Waals surface area contributed by atoms with E-state index < -0.39 is 0 Å². The minimum atomic E-state index is -0.201. The highest BCUT2D eigenvalue weighted by molar-refractivity contribution is 8.00. The molecule has 0 aliphatic carbocycles. The first-order valence-electron chi connectivity index (χ1n) is 8.35. The van der Waals surface area contributed by atoms with Crippen LogP contribution in [0, 0.1) is 12.8 Å². The van der Waals surface area contributed by atoms with Crippen LogP contribution in [0.4, 0.5) is 0 Å². The fraction of sp³-hybridized carbons (Fsp3) is 0.529. The van der Waals surface area contributed by atoms with Crippen LogP contribution >= 0.6 is 11.8 Å². The van der Waals surface area contributed by atoms with E-state index in [-0.39, 0.29) is 11.2 Å². The largest absolute Gasteiger partial charge is 0.342 e. The lowest BCUT2D eigenvalue weighted by atomic mass is 9.99. The van der Waals surface area contributed by atoms with Crippen molar-refractivity contribution in [2.24, 2.45) is 5.92 Å². The zero-order valence-corrected chi connectivity index (χ0v) is 15.2. The molecule has 1 amide bonds. The van der Waals surface area contributed by atoms with Gasteiger partial charge in [0.05, 0.1) is 10.9 Å². The number of likely N-dealkylation sites (tertiary alicyclic amines) is 1. The number of aromatic nitrogens is 4. The van der Waals surface area contributed by atoms with Crippen LogP contribution in [0.1, 0.15) is 32.3 Å². The maximum atomic E-state index is 12.7. The van der Waals surface area contributed by atoms with Gasteiger partial charge in [-0.1, -0.05) is 30.8 Å². The van der Waals surface area contributed by atoms with E-state index in [2.05, 4.69) is 22.4 Å². The molecule has 1 aromatic carbocycles. The van der Waals surface area contributed by atoms with Gasteiger partial charge in [-0.05, 0) is 60.7 Å². The van der Waals surface area contributed by atoms with E-state index >= 15 is 0 Å². The second-order valence-corrected chi connectivity index (χ2v) is 7.79. The van der Waals surface area contributed by atoms with E-state index in [4.69, 9.17) is 0 Å². The number of benzene rings is 1. The van der Waals surface area contributed by atoms with Crippen LogP contribution in [-0.4, -0.2) is 49.4 Å². The summed E-state index contributed by atoms with van der Waals surface area (Å²) in [6, 6.07) is 8.00. The number of piperidine rings is 1. The lowest BCUT2D eigenvalue weighted by Crippen LogP contribution is -2.41. The quantitative estimate of drug-likeness (QED) is 0.797. The predicted molar refractivity (Wildman–Crippen MR) is 94.2 cm³/mol. The summed E-state index contributed by atoms with van der Waals surface area (Å²) in [5, 5.41) is 12.4. The average molecular weight is 345 g/mol. The van der Waals surface area contributed by atoms with Gasteiger partial charge in [-0.3, -0.25) is 4.79 Å². The summed E-state index contributed by atoms with van der Waals surface area (Å²) in [5.74, 6) is 0.885. The maximum absolute atomic E-state index is 12.7. The van der Waals surface area contributed by atoms with E-state index in [1.54, 1.807) is 4.68 Å². The van der Waals surface area contributed by atoms with Gasteiger partial charge in [0.1, 0.15) is 0 Å². The molecule has 1 fully saturated rings. The molecule has 0 unspecified atom stereocenters. The molecular formula is C17H23N5OS. The Hall–Kier alpha value is -1.89. The summed E-state index contributed by atoms with van der Waals surface area (Å²) < 4.78 is 1.69. The molecule has 0 radical (unpaired) electrons. The predicted octanol–water partition coefficient (Wildman–Crippen LogP) is 2.71. The molecule has 3 rings (SSSR count). The molecule has 1 atom stereocenters. The van der Waals surface area contributed by atoms with Crippen molar-refractivity contribution in [3.63, 3.8) is 0 Å². The molecule has 1 aliphatic heterocycles. The van der Waals surface area contributed by atoms with Crippen LogP contribution in [0.25, 0.3) is 5.69 Å². The van der Waals surface area contributed by atoms with Gasteiger partial charge < -0.3 is 4.90 Å². The van der Waals surface area contributed by atoms with Crippen LogP contribution in [0.15, 0.2) is 29.4 Å². The number of hydrogen-bond acceptors (Lipinski definition) is 5. The summed E-state index contributed by atoms with van der Waals surface area (Å²) in [5.41, 5.74) is 2.06. The SMILES string of the molecule is Cc1cccc(-n2nnnc2S[C@H](C)C(=O)N2CCC(C)CC2)c1. The van der Waals surface area contributed by atoms with Gasteiger partial charge in [-0.15, -0.1) is 5.10 Å². The van der Waals surface area contributed by atoms with Crippen molar-refractivity contribution >= 4 is 17.7 Å². The lowest BCUT2D eigenvalue weighted by molar-refractivity contribution is -0.131. The first kappa shape index (κ1) is 17.0. The number of carbonyl (C=O) groups excluding carboxylic acids is 1. The van der Waals surface area contributed by atoms with E-state index in [1.807, 2.05) is 43.0 Å². The van der Waals surface area contributed by atoms with Crippen molar-refractivity contribution in [3.8, 4) is 5.69 Å². The monoisotopic (exact) mass is 345 g/mol. The molecule has 2 aromatic rings. The molecule has 0 saturated carbocycles. The Kier molecular flexibility index (Phi) is 5.18. The number of aryl methyl sites for hydroxylation is 1. The Morgan fingerprint density at radius 2 is 2.08 bits per heavy atom. The maximum Gasteiger partial charge on any atom is 0.235 e. The second-order valence-electron chi connectivity index (χ2n) is 6.48. The fourth-order valence-electron chi connectivity index (χ4n) is 2.87. The minimum Gasteiger partial charge on any atom is -0.342 e.